The summed E-state index contributed by atoms with van der Waals surface area (Å²) in [6.07, 6.45) is 3.45. The molecule has 0 saturated carbocycles. The zero-order chi connectivity index (χ0) is 56.0. The molecule has 0 aromatic carbocycles. The molecule has 72 heavy (non-hydrogen) atoms. The lowest BCUT2D eigenvalue weighted by Crippen LogP contribution is -2.62. The second-order valence-corrected chi connectivity index (χ2v) is 20.3. The van der Waals surface area contributed by atoms with Gasteiger partial charge in [0.15, 0.2) is 0 Å². The fourth-order valence-corrected chi connectivity index (χ4v) is 8.01. The van der Waals surface area contributed by atoms with E-state index in [1.54, 1.807) is 52.9 Å². The highest BCUT2D eigenvalue weighted by atomic mass is 16.4. The number of nitrogens with zero attached hydrogens (tertiary/aromatic N) is 7. The molecule has 1 heterocycles. The number of likely N-dealkylation sites (N-methyl/N-ethyl adjacent to an activating group) is 6. The minimum Gasteiger partial charge on any atom is -0.479 e. The van der Waals surface area contributed by atoms with Gasteiger partial charge in [0.05, 0.1) is 5.60 Å². The number of carbonyl (C=O) groups is 12. The highest BCUT2D eigenvalue weighted by Gasteiger charge is 2.45. The molecular formula is C47H79N11O14. The number of carbonyl (C=O) groups excluding carboxylic acids is 11. The molecule has 0 aliphatic carbocycles. The number of urea groups is 5. The first kappa shape index (κ1) is 63.4. The summed E-state index contributed by atoms with van der Waals surface area (Å²) in [7, 11) is 7.91. The number of carboxylic acid groups (broad SMARTS) is 1. The maximum atomic E-state index is 14.8. The third-order valence-electron chi connectivity index (χ3n) is 12.2. The predicted octanol–water partition coefficient (Wildman–Crippen LogP) is 1.84. The van der Waals surface area contributed by atoms with Crippen molar-refractivity contribution in [3.8, 4) is 0 Å². The van der Waals surface area contributed by atoms with Crippen LogP contribution in [0.25, 0.3) is 0 Å². The van der Waals surface area contributed by atoms with Crippen molar-refractivity contribution >= 4 is 71.6 Å². The lowest BCUT2D eigenvalue weighted by Gasteiger charge is -2.40. The van der Waals surface area contributed by atoms with E-state index in [1.165, 1.54) is 46.9 Å². The predicted molar refractivity (Wildman–Crippen MR) is 262 cm³/mol. The second kappa shape index (κ2) is 27.2. The summed E-state index contributed by atoms with van der Waals surface area (Å²) in [5, 5.41) is 28.7. The van der Waals surface area contributed by atoms with Gasteiger partial charge >= 0.3 is 36.1 Å². The quantitative estimate of drug-likeness (QED) is 0.120. The van der Waals surface area contributed by atoms with Crippen molar-refractivity contribution in [1.29, 1.82) is 0 Å². The van der Waals surface area contributed by atoms with Crippen molar-refractivity contribution in [2.24, 2.45) is 23.7 Å². The molecule has 2 unspecified atom stereocenters. The number of nitrogens with one attached hydrogen (secondary N) is 4. The number of rotatable bonds is 12. The molecule has 0 aromatic heterocycles. The number of allylic oxidation sites excluding steroid dienone is 2. The fourth-order valence-electron chi connectivity index (χ4n) is 8.01. The standard InChI is InChI=1S/C47H79N11O14/c1-18-19-20-28(8)23-29-35(59)48-43(68)57(16)34(41(65)66)40(64)54(13)32(24-47(9,10)72)36(60)49-44(69)58(17)46(71)51-42(67)50-45(70)55(14)31(22-26(4)5)37(61)53(12)30(21-25(2)3)38(62)56(15)33(27(6)7)39(63)52(29)11/h18-19,25-34,72H,20-24H2,1-17H3,(H,65,66)(H,48,59,68)(H,49,60,69)(H2,50,51,67,70,71)/b19-18+/t28-,29+,30+,31?,32+,33+,34?/m1/s1. The van der Waals surface area contributed by atoms with Crippen LogP contribution in [0.1, 0.15) is 101 Å². The SMILES string of the molecule is C/C=C/C[C@@H](C)C[C@H]1C(=O)NC(=O)N(C)C(C(=O)O)C(=O)N(C)[C@@H](CC(C)(C)O)C(=O)NC(=O)N(C)C(=O)NC(=O)NC(=O)N(C)C(CC(C)C)C(=O)N(C)[C@@H](CC(C)C)C(=O)N(C)[C@@H](C(C)C)C(=O)N1C. The van der Waals surface area contributed by atoms with Gasteiger partial charge in [-0.1, -0.05) is 60.6 Å². The van der Waals surface area contributed by atoms with Crippen molar-refractivity contribution in [1.82, 2.24) is 55.6 Å². The molecule has 0 spiro atoms. The Balaban J connectivity index is 4.21. The summed E-state index contributed by atoms with van der Waals surface area (Å²) in [6, 6.07) is -16.6. The molecule has 1 rings (SSSR count). The van der Waals surface area contributed by atoms with E-state index < -0.39 is 126 Å². The average molecular weight is 1020 g/mol. The fraction of sp³-hybridized carbons (Fsp3) is 0.702. The molecular weight excluding hydrogens is 943 g/mol. The Bertz CT molecular complexity index is 2070. The van der Waals surface area contributed by atoms with Crippen LogP contribution < -0.4 is 21.3 Å². The normalized spacial score (nSPS) is 24.1. The molecule has 1 saturated heterocycles. The average Bonchev–Trinajstić information content (AvgIpc) is 3.27. The Kier molecular flexibility index (Phi) is 24.0. The van der Waals surface area contributed by atoms with E-state index in [0.717, 1.165) is 35.8 Å². The molecule has 1 fully saturated rings. The molecule has 0 radical (unpaired) electrons. The zero-order valence-electron chi connectivity index (χ0n) is 44.9. The van der Waals surface area contributed by atoms with Gasteiger partial charge in [0.2, 0.25) is 23.8 Å². The highest BCUT2D eigenvalue weighted by molar-refractivity contribution is 6.10. The largest absolute Gasteiger partial charge is 0.479 e. The number of amides is 16. The van der Waals surface area contributed by atoms with E-state index in [2.05, 4.69) is 5.32 Å². The Morgan fingerprint density at radius 2 is 0.972 bits per heavy atom. The summed E-state index contributed by atoms with van der Waals surface area (Å²) < 4.78 is 0. The van der Waals surface area contributed by atoms with Crippen molar-refractivity contribution in [3.05, 3.63) is 12.2 Å². The molecule has 7 atom stereocenters. The van der Waals surface area contributed by atoms with Crippen LogP contribution in [-0.4, -0.2) is 207 Å². The van der Waals surface area contributed by atoms with Crippen LogP contribution in [0.2, 0.25) is 0 Å². The van der Waals surface area contributed by atoms with Gasteiger partial charge in [0, 0.05) is 55.8 Å². The third kappa shape index (κ3) is 17.6. The van der Waals surface area contributed by atoms with Crippen LogP contribution in [0.4, 0.5) is 24.0 Å². The maximum absolute atomic E-state index is 14.8. The summed E-state index contributed by atoms with van der Waals surface area (Å²) in [6.45, 7) is 16.5. The van der Waals surface area contributed by atoms with E-state index >= 15 is 0 Å². The monoisotopic (exact) mass is 1020 g/mol. The van der Waals surface area contributed by atoms with Gasteiger partial charge in [-0.15, -0.1) is 0 Å². The molecule has 0 bridgehead atoms. The lowest BCUT2D eigenvalue weighted by atomic mass is 9.94. The second-order valence-electron chi connectivity index (χ2n) is 20.3. The number of hydrogen-bond donors (Lipinski definition) is 6. The minimum atomic E-state index is -2.45. The number of imide groups is 5. The van der Waals surface area contributed by atoms with Crippen LogP contribution in [0.15, 0.2) is 12.2 Å². The van der Waals surface area contributed by atoms with Gasteiger partial charge in [0.25, 0.3) is 17.7 Å². The van der Waals surface area contributed by atoms with Gasteiger partial charge in [-0.3, -0.25) is 50.0 Å². The van der Waals surface area contributed by atoms with Gasteiger partial charge < -0.3 is 39.6 Å². The van der Waals surface area contributed by atoms with Crippen molar-refractivity contribution in [3.63, 3.8) is 0 Å². The van der Waals surface area contributed by atoms with Crippen LogP contribution in [0.5, 0.6) is 0 Å². The molecule has 1 aliphatic heterocycles. The number of aliphatic hydroxyl groups is 1. The summed E-state index contributed by atoms with van der Waals surface area (Å²) in [5.41, 5.74) is -1.78. The van der Waals surface area contributed by atoms with E-state index in [0.29, 0.717) is 16.2 Å². The van der Waals surface area contributed by atoms with E-state index in [1.807, 2.05) is 30.6 Å². The van der Waals surface area contributed by atoms with Crippen LogP contribution in [0, 0.1) is 23.7 Å². The van der Waals surface area contributed by atoms with Crippen molar-refractivity contribution in [2.45, 2.75) is 143 Å². The number of hydrogen-bond acceptors (Lipinski definition) is 13. The summed E-state index contributed by atoms with van der Waals surface area (Å²) in [4.78, 5) is 171. The van der Waals surface area contributed by atoms with Crippen LogP contribution >= 0.6 is 0 Å². The van der Waals surface area contributed by atoms with Gasteiger partial charge in [-0.2, -0.15) is 0 Å². The minimum absolute atomic E-state index is 0.0291. The molecule has 0 aromatic rings. The molecule has 6 N–H and O–H groups in total. The summed E-state index contributed by atoms with van der Waals surface area (Å²) >= 11 is 0. The molecule has 406 valence electrons. The first-order valence-corrected chi connectivity index (χ1v) is 23.7. The zero-order valence-corrected chi connectivity index (χ0v) is 44.9. The van der Waals surface area contributed by atoms with Gasteiger partial charge in [-0.05, 0) is 70.1 Å². The van der Waals surface area contributed by atoms with Gasteiger partial charge in [-0.25, -0.2) is 33.7 Å². The number of carboxylic acids is 1. The smallest absolute Gasteiger partial charge is 0.336 e. The third-order valence-corrected chi connectivity index (χ3v) is 12.2. The van der Waals surface area contributed by atoms with E-state index in [-0.39, 0.29) is 41.9 Å². The first-order valence-electron chi connectivity index (χ1n) is 23.7. The topological polar surface area (TPSA) is 316 Å². The van der Waals surface area contributed by atoms with Crippen LogP contribution in [-0.2, 0) is 33.6 Å². The van der Waals surface area contributed by atoms with Crippen molar-refractivity contribution in [2.75, 3.05) is 49.3 Å². The maximum Gasteiger partial charge on any atom is 0.336 e. The van der Waals surface area contributed by atoms with Gasteiger partial charge in [0.1, 0.15) is 30.2 Å². The first-order chi connectivity index (χ1) is 33.0. The Morgan fingerprint density at radius 3 is 1.44 bits per heavy atom. The lowest BCUT2D eigenvalue weighted by molar-refractivity contribution is -0.154. The Hall–Kier alpha value is -6.66. The molecule has 16 amide bonds. The summed E-state index contributed by atoms with van der Waals surface area (Å²) in [5.74, 6) is -9.28. The Labute approximate surface area is 422 Å². The van der Waals surface area contributed by atoms with E-state index in [9.17, 15) is 67.7 Å². The van der Waals surface area contributed by atoms with Crippen LogP contribution in [0.3, 0.4) is 0 Å². The molecule has 1 aliphatic rings. The highest BCUT2D eigenvalue weighted by Crippen LogP contribution is 2.25. The molecule has 25 nitrogen and oxygen atoms in total. The molecule has 25 heteroatoms. The van der Waals surface area contributed by atoms with Crippen molar-refractivity contribution < 1.29 is 67.7 Å². The van der Waals surface area contributed by atoms with E-state index in [4.69, 9.17) is 0 Å². The number of aliphatic carboxylic acids is 1. The Morgan fingerprint density at radius 1 is 0.556 bits per heavy atom.